The minimum atomic E-state index is -3.71. The molecule has 0 bridgehead atoms. The number of esters is 1. The van der Waals surface area contributed by atoms with E-state index in [0.29, 0.717) is 43.2 Å². The van der Waals surface area contributed by atoms with Crippen LogP contribution in [-0.2, 0) is 19.6 Å². The topological polar surface area (TPSA) is 115 Å². The molecule has 2 aliphatic rings. The predicted molar refractivity (Wildman–Crippen MR) is 105 cm³/mol. The van der Waals surface area contributed by atoms with Crippen LogP contribution >= 0.6 is 0 Å². The summed E-state index contributed by atoms with van der Waals surface area (Å²) in [7, 11) is -3.71. The number of fused-ring (bicyclic) bond motifs is 1. The van der Waals surface area contributed by atoms with Crippen LogP contribution in [0.3, 0.4) is 0 Å². The van der Waals surface area contributed by atoms with Gasteiger partial charge in [-0.05, 0) is 37.1 Å². The minimum Gasteiger partial charge on any atom is -0.486 e. The molecule has 2 aliphatic heterocycles. The Morgan fingerprint density at radius 2 is 1.83 bits per heavy atom. The summed E-state index contributed by atoms with van der Waals surface area (Å²) in [4.78, 5) is 27.1. The number of aromatic amines is 1. The molecule has 1 aromatic heterocycles. The predicted octanol–water partition coefficient (Wildman–Crippen LogP) is 1.61. The second-order valence-electron chi connectivity index (χ2n) is 7.10. The zero-order valence-electron chi connectivity index (χ0n) is 16.2. The number of H-pyrrole nitrogens is 1. The van der Waals surface area contributed by atoms with Gasteiger partial charge in [-0.15, -0.1) is 0 Å². The zero-order valence-corrected chi connectivity index (χ0v) is 17.0. The van der Waals surface area contributed by atoms with Crippen LogP contribution < -0.4 is 9.47 Å². The van der Waals surface area contributed by atoms with E-state index in [1.165, 1.54) is 16.4 Å². The van der Waals surface area contributed by atoms with Crippen LogP contribution in [0.2, 0.25) is 0 Å². The summed E-state index contributed by atoms with van der Waals surface area (Å²) in [6.07, 6.45) is 2.28. The van der Waals surface area contributed by atoms with E-state index in [1.807, 2.05) is 0 Å². The van der Waals surface area contributed by atoms with Gasteiger partial charge in [-0.2, -0.15) is 4.31 Å². The number of hydrogen-bond donors (Lipinski definition) is 1. The van der Waals surface area contributed by atoms with Crippen LogP contribution in [0.1, 0.15) is 23.3 Å². The van der Waals surface area contributed by atoms with E-state index >= 15 is 0 Å². The molecule has 4 rings (SSSR count). The Balaban J connectivity index is 1.33. The Morgan fingerprint density at radius 3 is 2.53 bits per heavy atom. The van der Waals surface area contributed by atoms with Crippen LogP contribution in [0.25, 0.3) is 0 Å². The monoisotopic (exact) mass is 434 g/mol. The molecule has 160 valence electrons. The average molecular weight is 434 g/mol. The van der Waals surface area contributed by atoms with Crippen molar-refractivity contribution in [2.45, 2.75) is 17.7 Å². The van der Waals surface area contributed by atoms with Crippen molar-refractivity contribution in [3.05, 3.63) is 42.2 Å². The van der Waals surface area contributed by atoms with Gasteiger partial charge in [-0.3, -0.25) is 9.59 Å². The molecule has 1 saturated heterocycles. The average Bonchev–Trinajstić information content (AvgIpc) is 3.32. The summed E-state index contributed by atoms with van der Waals surface area (Å²) >= 11 is 0. The quantitative estimate of drug-likeness (QED) is 0.543. The Bertz CT molecular complexity index is 1030. The van der Waals surface area contributed by atoms with E-state index in [-0.39, 0.29) is 30.4 Å². The van der Waals surface area contributed by atoms with E-state index in [0.717, 1.165) is 0 Å². The lowest BCUT2D eigenvalue weighted by molar-refractivity contribution is -0.148. The Kier molecular flexibility index (Phi) is 5.78. The number of hydrogen-bond acceptors (Lipinski definition) is 7. The van der Waals surface area contributed by atoms with Crippen molar-refractivity contribution in [2.24, 2.45) is 5.92 Å². The van der Waals surface area contributed by atoms with Gasteiger partial charge in [0.1, 0.15) is 13.2 Å². The van der Waals surface area contributed by atoms with Crippen molar-refractivity contribution >= 4 is 21.8 Å². The molecular formula is C20H22N2O7S. The molecule has 1 N–H and O–H groups in total. The molecule has 3 heterocycles. The Labute approximate surface area is 174 Å². The maximum absolute atomic E-state index is 13.0. The van der Waals surface area contributed by atoms with Crippen molar-refractivity contribution < 1.29 is 32.2 Å². The standard InChI is InChI=1S/C20H22N2O7S/c23-17(16-2-1-7-21-16)13-29-20(24)14-5-8-22(9-6-14)30(25,26)15-3-4-18-19(12-15)28-11-10-27-18/h1-4,7,12,14,21H,5-6,8-11,13H2. The molecule has 9 nitrogen and oxygen atoms in total. The highest BCUT2D eigenvalue weighted by Crippen LogP contribution is 2.34. The number of nitrogens with one attached hydrogen (secondary N) is 1. The molecule has 0 atom stereocenters. The van der Waals surface area contributed by atoms with E-state index in [9.17, 15) is 18.0 Å². The van der Waals surface area contributed by atoms with E-state index < -0.39 is 21.9 Å². The third-order valence-electron chi connectivity index (χ3n) is 5.18. The first-order valence-electron chi connectivity index (χ1n) is 9.68. The summed E-state index contributed by atoms with van der Waals surface area (Å²) in [5.41, 5.74) is 0.378. The van der Waals surface area contributed by atoms with Crippen LogP contribution in [0.15, 0.2) is 41.4 Å². The van der Waals surface area contributed by atoms with E-state index in [1.54, 1.807) is 24.4 Å². The van der Waals surface area contributed by atoms with Gasteiger partial charge in [0.25, 0.3) is 0 Å². The second kappa shape index (κ2) is 8.49. The third-order valence-corrected chi connectivity index (χ3v) is 7.08. The number of ether oxygens (including phenoxy) is 3. The number of rotatable bonds is 6. The summed E-state index contributed by atoms with van der Waals surface area (Å²) in [6, 6.07) is 7.85. The van der Waals surface area contributed by atoms with Crippen LogP contribution in [0.5, 0.6) is 11.5 Å². The molecule has 1 aromatic carbocycles. The first kappa shape index (κ1) is 20.4. The van der Waals surface area contributed by atoms with Gasteiger partial charge in [0, 0.05) is 25.4 Å². The van der Waals surface area contributed by atoms with Gasteiger partial charge in [-0.1, -0.05) is 0 Å². The molecule has 10 heteroatoms. The number of nitrogens with zero attached hydrogens (tertiary/aromatic N) is 1. The normalized spacial score (nSPS) is 17.5. The second-order valence-corrected chi connectivity index (χ2v) is 9.04. The summed E-state index contributed by atoms with van der Waals surface area (Å²) in [6.45, 7) is 0.854. The first-order valence-corrected chi connectivity index (χ1v) is 11.1. The fourth-order valence-electron chi connectivity index (χ4n) is 3.50. The minimum absolute atomic E-state index is 0.129. The van der Waals surface area contributed by atoms with Gasteiger partial charge in [0.2, 0.25) is 15.8 Å². The SMILES string of the molecule is O=C(COC(=O)C1CCN(S(=O)(=O)c2ccc3c(c2)OCCO3)CC1)c1ccc[nH]1. The molecule has 1 fully saturated rings. The number of sulfonamides is 1. The van der Waals surface area contributed by atoms with Gasteiger partial charge >= 0.3 is 5.97 Å². The highest BCUT2D eigenvalue weighted by atomic mass is 32.2. The fraction of sp³-hybridized carbons (Fsp3) is 0.400. The maximum Gasteiger partial charge on any atom is 0.309 e. The lowest BCUT2D eigenvalue weighted by Gasteiger charge is -2.30. The fourth-order valence-corrected chi connectivity index (χ4v) is 4.99. The van der Waals surface area contributed by atoms with Crippen molar-refractivity contribution in [3.63, 3.8) is 0 Å². The summed E-state index contributed by atoms with van der Waals surface area (Å²) in [5, 5.41) is 0. The number of piperidine rings is 1. The highest BCUT2D eigenvalue weighted by molar-refractivity contribution is 7.89. The molecule has 0 saturated carbocycles. The van der Waals surface area contributed by atoms with Crippen LogP contribution in [0.4, 0.5) is 0 Å². The zero-order chi connectivity index (χ0) is 21.1. The first-order chi connectivity index (χ1) is 14.4. The molecule has 0 amide bonds. The number of ketones is 1. The van der Waals surface area contributed by atoms with E-state index in [4.69, 9.17) is 14.2 Å². The van der Waals surface area contributed by atoms with Gasteiger partial charge in [0.05, 0.1) is 16.5 Å². The van der Waals surface area contributed by atoms with Gasteiger partial charge in [0.15, 0.2) is 18.1 Å². The molecule has 0 radical (unpaired) electrons. The lowest BCUT2D eigenvalue weighted by atomic mass is 9.98. The number of Topliss-reactive ketones (excluding diaryl/α,β-unsaturated/α-hetero) is 1. The smallest absolute Gasteiger partial charge is 0.309 e. The summed E-state index contributed by atoms with van der Waals surface area (Å²) < 4.78 is 43.3. The van der Waals surface area contributed by atoms with Gasteiger partial charge < -0.3 is 19.2 Å². The van der Waals surface area contributed by atoms with E-state index in [2.05, 4.69) is 4.98 Å². The van der Waals surface area contributed by atoms with Gasteiger partial charge in [-0.25, -0.2) is 8.42 Å². The Morgan fingerprint density at radius 1 is 1.10 bits per heavy atom. The number of carbonyl (C=O) groups is 2. The van der Waals surface area contributed by atoms with Crippen molar-refractivity contribution in [1.29, 1.82) is 0 Å². The van der Waals surface area contributed by atoms with Crippen molar-refractivity contribution in [1.82, 2.24) is 9.29 Å². The number of aromatic nitrogens is 1. The molecule has 0 unspecified atom stereocenters. The maximum atomic E-state index is 13.0. The third kappa shape index (κ3) is 4.19. The molecule has 30 heavy (non-hydrogen) atoms. The van der Waals surface area contributed by atoms with Crippen LogP contribution in [0, 0.1) is 5.92 Å². The largest absolute Gasteiger partial charge is 0.486 e. The molecule has 2 aromatic rings. The lowest BCUT2D eigenvalue weighted by Crippen LogP contribution is -2.40. The molecule has 0 spiro atoms. The molecular weight excluding hydrogens is 412 g/mol. The van der Waals surface area contributed by atoms with Crippen molar-refractivity contribution in [2.75, 3.05) is 32.9 Å². The highest BCUT2D eigenvalue weighted by Gasteiger charge is 2.33. The molecule has 0 aliphatic carbocycles. The van der Waals surface area contributed by atoms with Crippen LogP contribution in [-0.4, -0.2) is 62.4 Å². The number of benzene rings is 1. The summed E-state index contributed by atoms with van der Waals surface area (Å²) in [5.74, 6) is -0.297. The Hall–Kier alpha value is -2.85. The number of carbonyl (C=O) groups excluding carboxylic acids is 2. The van der Waals surface area contributed by atoms with Crippen molar-refractivity contribution in [3.8, 4) is 11.5 Å².